The number of hydrogen-bond donors (Lipinski definition) is 1. The summed E-state index contributed by atoms with van der Waals surface area (Å²) in [5.41, 5.74) is 0.577. The highest BCUT2D eigenvalue weighted by molar-refractivity contribution is 6.30. The topological polar surface area (TPSA) is 59.4 Å². The number of nitrogens with zero attached hydrogens (tertiary/aromatic N) is 1. The van der Waals surface area contributed by atoms with Crippen molar-refractivity contribution < 1.29 is 14.6 Å². The number of aromatic nitrogens is 1. The molecule has 0 aliphatic heterocycles. The van der Waals surface area contributed by atoms with Crippen LogP contribution in [0.15, 0.2) is 48.8 Å². The molecule has 104 valence electrons. The zero-order valence-corrected chi connectivity index (χ0v) is 11.6. The first-order chi connectivity index (χ1) is 9.58. The lowest BCUT2D eigenvalue weighted by Gasteiger charge is -2.17. The second-order valence-corrected chi connectivity index (χ2v) is 4.83. The molecule has 0 aliphatic rings. The highest BCUT2D eigenvalue weighted by Crippen LogP contribution is 2.23. The third-order valence-electron chi connectivity index (χ3n) is 2.90. The lowest BCUT2D eigenvalue weighted by molar-refractivity contribution is -0.142. The lowest BCUT2D eigenvalue weighted by Crippen LogP contribution is -2.24. The molecule has 0 saturated heterocycles. The molecule has 0 fully saturated rings. The van der Waals surface area contributed by atoms with Gasteiger partial charge in [-0.25, -0.2) is 0 Å². The van der Waals surface area contributed by atoms with Gasteiger partial charge in [0, 0.05) is 17.4 Å². The maximum absolute atomic E-state index is 12.0. The van der Waals surface area contributed by atoms with Crippen molar-refractivity contribution in [2.45, 2.75) is 13.0 Å². The number of hydrogen-bond acceptors (Lipinski definition) is 4. The maximum Gasteiger partial charge on any atom is 0.317 e. The van der Waals surface area contributed by atoms with Crippen LogP contribution in [-0.4, -0.2) is 16.1 Å². The Kier molecular flexibility index (Phi) is 4.71. The number of ether oxygens (including phenoxy) is 1. The molecule has 1 N–H and O–H groups in total. The summed E-state index contributed by atoms with van der Waals surface area (Å²) in [6.07, 6.45) is 2.17. The Labute approximate surface area is 122 Å². The monoisotopic (exact) mass is 291 g/mol. The second kappa shape index (κ2) is 6.50. The molecular formula is C15H14ClNO3. The van der Waals surface area contributed by atoms with Crippen LogP contribution in [0, 0.1) is 5.92 Å². The van der Waals surface area contributed by atoms with Crippen LogP contribution in [-0.2, 0) is 4.79 Å². The van der Waals surface area contributed by atoms with Crippen LogP contribution in [0.4, 0.5) is 0 Å². The van der Waals surface area contributed by atoms with E-state index in [4.69, 9.17) is 16.3 Å². The molecule has 4 nitrogen and oxygen atoms in total. The number of pyridine rings is 1. The van der Waals surface area contributed by atoms with Gasteiger partial charge in [0.25, 0.3) is 0 Å². The standard InChI is InChI=1S/C15H14ClNO3/c1-10(14(18)11-3-2-8-17-9-11)15(19)20-13-6-4-12(16)5-7-13/h2-10,14,18H,1H3. The number of rotatable bonds is 4. The van der Waals surface area contributed by atoms with Crippen molar-refractivity contribution in [3.05, 3.63) is 59.4 Å². The van der Waals surface area contributed by atoms with Gasteiger partial charge in [0.15, 0.2) is 0 Å². The molecule has 0 radical (unpaired) electrons. The molecule has 1 aromatic heterocycles. The molecule has 2 rings (SSSR count). The first kappa shape index (κ1) is 14.5. The summed E-state index contributed by atoms with van der Waals surface area (Å²) < 4.78 is 5.20. The van der Waals surface area contributed by atoms with E-state index in [1.807, 2.05) is 0 Å². The molecule has 0 aliphatic carbocycles. The van der Waals surface area contributed by atoms with Crippen LogP contribution in [0.3, 0.4) is 0 Å². The van der Waals surface area contributed by atoms with Crippen LogP contribution in [0.1, 0.15) is 18.6 Å². The van der Waals surface area contributed by atoms with Crippen molar-refractivity contribution in [1.82, 2.24) is 4.98 Å². The van der Waals surface area contributed by atoms with Crippen molar-refractivity contribution in [1.29, 1.82) is 0 Å². The van der Waals surface area contributed by atoms with Gasteiger partial charge in [-0.05, 0) is 42.8 Å². The number of aliphatic hydroxyl groups is 1. The summed E-state index contributed by atoms with van der Waals surface area (Å²) in [5, 5.41) is 10.7. The van der Waals surface area contributed by atoms with Gasteiger partial charge >= 0.3 is 5.97 Å². The van der Waals surface area contributed by atoms with Crippen LogP contribution in [0.2, 0.25) is 5.02 Å². The van der Waals surface area contributed by atoms with Gasteiger partial charge in [-0.1, -0.05) is 17.7 Å². The molecule has 0 spiro atoms. The van der Waals surface area contributed by atoms with E-state index in [0.29, 0.717) is 16.3 Å². The molecule has 2 atom stereocenters. The molecule has 1 aromatic carbocycles. The van der Waals surface area contributed by atoms with E-state index >= 15 is 0 Å². The molecule has 0 saturated carbocycles. The number of halogens is 1. The van der Waals surface area contributed by atoms with Crippen LogP contribution in [0.5, 0.6) is 5.75 Å². The summed E-state index contributed by atoms with van der Waals surface area (Å²) in [4.78, 5) is 15.9. The van der Waals surface area contributed by atoms with E-state index in [1.165, 1.54) is 6.20 Å². The second-order valence-electron chi connectivity index (χ2n) is 4.39. The minimum absolute atomic E-state index is 0.393. The summed E-state index contributed by atoms with van der Waals surface area (Å²) >= 11 is 5.75. The predicted molar refractivity (Wildman–Crippen MR) is 75.4 cm³/mol. The smallest absolute Gasteiger partial charge is 0.317 e. The maximum atomic E-state index is 12.0. The molecular weight excluding hydrogens is 278 g/mol. The molecule has 2 aromatic rings. The minimum Gasteiger partial charge on any atom is -0.426 e. The van der Waals surface area contributed by atoms with Gasteiger partial charge in [-0.15, -0.1) is 0 Å². The van der Waals surface area contributed by atoms with Crippen LogP contribution < -0.4 is 4.74 Å². The van der Waals surface area contributed by atoms with E-state index in [0.717, 1.165) is 0 Å². The molecule has 20 heavy (non-hydrogen) atoms. The van der Waals surface area contributed by atoms with E-state index < -0.39 is 18.0 Å². The lowest BCUT2D eigenvalue weighted by atomic mass is 9.99. The minimum atomic E-state index is -0.955. The number of aliphatic hydroxyl groups excluding tert-OH is 1. The fraction of sp³-hybridized carbons (Fsp3) is 0.200. The van der Waals surface area contributed by atoms with Crippen LogP contribution in [0.25, 0.3) is 0 Å². The van der Waals surface area contributed by atoms with Gasteiger partial charge in [0.2, 0.25) is 0 Å². The molecule has 2 unspecified atom stereocenters. The summed E-state index contributed by atoms with van der Waals surface area (Å²) in [6, 6.07) is 9.88. The SMILES string of the molecule is CC(C(=O)Oc1ccc(Cl)cc1)C(O)c1cccnc1. The Morgan fingerprint density at radius 3 is 2.60 bits per heavy atom. The van der Waals surface area contributed by atoms with E-state index in [2.05, 4.69) is 4.98 Å². The fourth-order valence-electron chi connectivity index (χ4n) is 1.68. The third-order valence-corrected chi connectivity index (χ3v) is 3.16. The van der Waals surface area contributed by atoms with Crippen molar-refractivity contribution >= 4 is 17.6 Å². The van der Waals surface area contributed by atoms with Crippen LogP contribution >= 0.6 is 11.6 Å². The van der Waals surface area contributed by atoms with E-state index in [9.17, 15) is 9.90 Å². The summed E-state index contributed by atoms with van der Waals surface area (Å²) in [5.74, 6) is -0.816. The zero-order valence-electron chi connectivity index (χ0n) is 10.9. The van der Waals surface area contributed by atoms with Gasteiger partial charge in [0.1, 0.15) is 5.75 Å². The first-order valence-electron chi connectivity index (χ1n) is 6.13. The molecule has 0 amide bonds. The number of carbonyl (C=O) groups is 1. The molecule has 5 heteroatoms. The van der Waals surface area contributed by atoms with Crippen molar-refractivity contribution in [2.24, 2.45) is 5.92 Å². The average Bonchev–Trinajstić information content (AvgIpc) is 2.49. The summed E-state index contributed by atoms with van der Waals surface area (Å²) in [6.45, 7) is 1.61. The Morgan fingerprint density at radius 2 is 2.00 bits per heavy atom. The van der Waals surface area contributed by atoms with Gasteiger partial charge < -0.3 is 9.84 Å². The third kappa shape index (κ3) is 3.56. The number of esters is 1. The average molecular weight is 292 g/mol. The van der Waals surface area contributed by atoms with Crippen molar-refractivity contribution in [3.8, 4) is 5.75 Å². The molecule has 0 bridgehead atoms. The number of carbonyl (C=O) groups excluding carboxylic acids is 1. The van der Waals surface area contributed by atoms with Gasteiger partial charge in [-0.2, -0.15) is 0 Å². The van der Waals surface area contributed by atoms with Crippen molar-refractivity contribution in [2.75, 3.05) is 0 Å². The largest absolute Gasteiger partial charge is 0.426 e. The molecule has 1 heterocycles. The van der Waals surface area contributed by atoms with E-state index in [-0.39, 0.29) is 0 Å². The van der Waals surface area contributed by atoms with E-state index in [1.54, 1.807) is 49.5 Å². The fourth-order valence-corrected chi connectivity index (χ4v) is 1.81. The summed E-state index contributed by atoms with van der Waals surface area (Å²) in [7, 11) is 0. The Balaban J connectivity index is 2.03. The predicted octanol–water partition coefficient (Wildman–Crippen LogP) is 3.01. The highest BCUT2D eigenvalue weighted by atomic mass is 35.5. The Hall–Kier alpha value is -1.91. The number of benzene rings is 1. The first-order valence-corrected chi connectivity index (χ1v) is 6.51. The normalized spacial score (nSPS) is 13.6. The highest BCUT2D eigenvalue weighted by Gasteiger charge is 2.25. The quantitative estimate of drug-likeness (QED) is 0.695. The Bertz CT molecular complexity index is 571. The zero-order chi connectivity index (χ0) is 14.5. The van der Waals surface area contributed by atoms with Gasteiger partial charge in [0.05, 0.1) is 12.0 Å². The Morgan fingerprint density at radius 1 is 1.30 bits per heavy atom. The van der Waals surface area contributed by atoms with Crippen molar-refractivity contribution in [3.63, 3.8) is 0 Å². The van der Waals surface area contributed by atoms with Gasteiger partial charge in [-0.3, -0.25) is 9.78 Å².